The molecule has 108 valence electrons. The third-order valence-electron chi connectivity index (χ3n) is 3.72. The van der Waals surface area contributed by atoms with Crippen molar-refractivity contribution in [2.24, 2.45) is 5.41 Å². The van der Waals surface area contributed by atoms with Gasteiger partial charge in [-0.25, -0.2) is 0 Å². The number of carboxylic acid groups (broad SMARTS) is 1. The minimum Gasteiger partial charge on any atom is -0.481 e. The van der Waals surface area contributed by atoms with Gasteiger partial charge in [-0.3, -0.25) is 9.59 Å². The van der Waals surface area contributed by atoms with Crippen LogP contribution in [0.25, 0.3) is 0 Å². The summed E-state index contributed by atoms with van der Waals surface area (Å²) in [6.45, 7) is 1.63. The fraction of sp³-hybridized carbons (Fsp3) is 0.500. The Kier molecular flexibility index (Phi) is 4.15. The molecule has 0 saturated heterocycles. The van der Waals surface area contributed by atoms with Gasteiger partial charge in [-0.1, -0.05) is 29.6 Å². The molecule has 6 nitrogen and oxygen atoms in total. The number of aromatic nitrogens is 2. The van der Waals surface area contributed by atoms with Crippen molar-refractivity contribution in [3.63, 3.8) is 0 Å². The Balaban J connectivity index is 2.19. The van der Waals surface area contributed by atoms with Crippen molar-refractivity contribution in [1.82, 2.24) is 15.5 Å². The number of nitrogens with one attached hydrogen (secondary N) is 1. The zero-order chi connectivity index (χ0) is 14.9. The standard InChI is InChI=1S/C12H13Cl2N3O3/c1-12(11(19)20)4-2-3-7(12)15-10(18)6-5-8(13)16-17-9(6)14/h5,7H,2-4H2,1H3,(H,15,18)(H,19,20). The number of hydrogen-bond donors (Lipinski definition) is 2. The molecule has 0 bridgehead atoms. The summed E-state index contributed by atoms with van der Waals surface area (Å²) in [5.74, 6) is -1.41. The van der Waals surface area contributed by atoms with Crippen LogP contribution in [0.5, 0.6) is 0 Å². The molecule has 2 rings (SSSR count). The zero-order valence-corrected chi connectivity index (χ0v) is 12.2. The molecule has 0 spiro atoms. The molecule has 1 saturated carbocycles. The van der Waals surface area contributed by atoms with E-state index in [-0.39, 0.29) is 15.9 Å². The second-order valence-electron chi connectivity index (χ2n) is 5.01. The SMILES string of the molecule is CC1(C(=O)O)CCCC1NC(=O)c1cc(Cl)nnc1Cl. The molecule has 1 fully saturated rings. The second kappa shape index (κ2) is 5.54. The van der Waals surface area contributed by atoms with E-state index in [0.717, 1.165) is 6.42 Å². The minimum absolute atomic E-state index is 0.0481. The molecule has 0 radical (unpaired) electrons. The van der Waals surface area contributed by atoms with E-state index in [1.165, 1.54) is 6.07 Å². The van der Waals surface area contributed by atoms with E-state index in [4.69, 9.17) is 23.2 Å². The molecule has 0 aliphatic heterocycles. The molecule has 1 aromatic rings. The maximum atomic E-state index is 12.2. The summed E-state index contributed by atoms with van der Waals surface area (Å²) in [6, 6.07) is 0.856. The molecule has 1 aromatic heterocycles. The predicted octanol–water partition coefficient (Wildman–Crippen LogP) is 2.16. The van der Waals surface area contributed by atoms with Crippen LogP contribution in [0.4, 0.5) is 0 Å². The lowest BCUT2D eigenvalue weighted by Crippen LogP contribution is -2.47. The van der Waals surface area contributed by atoms with E-state index in [0.29, 0.717) is 12.8 Å². The second-order valence-corrected chi connectivity index (χ2v) is 5.76. The summed E-state index contributed by atoms with van der Waals surface area (Å²) in [6.07, 6.45) is 1.88. The van der Waals surface area contributed by atoms with Crippen molar-refractivity contribution in [2.45, 2.75) is 32.2 Å². The molecular formula is C12H13Cl2N3O3. The van der Waals surface area contributed by atoms with Gasteiger partial charge in [0.2, 0.25) is 0 Å². The highest BCUT2D eigenvalue weighted by Gasteiger charge is 2.46. The highest BCUT2D eigenvalue weighted by atomic mass is 35.5. The van der Waals surface area contributed by atoms with Gasteiger partial charge in [0.25, 0.3) is 5.91 Å². The van der Waals surface area contributed by atoms with E-state index >= 15 is 0 Å². The third-order valence-corrected chi connectivity index (χ3v) is 4.18. The van der Waals surface area contributed by atoms with Crippen LogP contribution in [0.15, 0.2) is 6.07 Å². The highest BCUT2D eigenvalue weighted by Crippen LogP contribution is 2.38. The fourth-order valence-corrected chi connectivity index (χ4v) is 2.73. The van der Waals surface area contributed by atoms with E-state index in [1.54, 1.807) is 6.92 Å². The van der Waals surface area contributed by atoms with Crippen LogP contribution in [0, 0.1) is 5.41 Å². The lowest BCUT2D eigenvalue weighted by Gasteiger charge is -2.27. The first-order valence-corrected chi connectivity index (χ1v) is 6.83. The van der Waals surface area contributed by atoms with Crippen LogP contribution in [0.2, 0.25) is 10.3 Å². The summed E-state index contributed by atoms with van der Waals surface area (Å²) in [4.78, 5) is 23.5. The molecule has 2 N–H and O–H groups in total. The van der Waals surface area contributed by atoms with Gasteiger partial charge in [-0.05, 0) is 25.8 Å². The highest BCUT2D eigenvalue weighted by molar-refractivity contribution is 6.34. The Hall–Kier alpha value is -1.40. The Morgan fingerprint density at radius 2 is 2.15 bits per heavy atom. The lowest BCUT2D eigenvalue weighted by molar-refractivity contribution is -0.148. The number of aliphatic carboxylic acids is 1. The van der Waals surface area contributed by atoms with Crippen LogP contribution in [0.3, 0.4) is 0 Å². The van der Waals surface area contributed by atoms with Crippen molar-refractivity contribution in [1.29, 1.82) is 0 Å². The first-order valence-electron chi connectivity index (χ1n) is 6.07. The van der Waals surface area contributed by atoms with E-state index in [1.807, 2.05) is 0 Å². The fourth-order valence-electron chi connectivity index (χ4n) is 2.40. The van der Waals surface area contributed by atoms with Gasteiger partial charge in [0, 0.05) is 6.04 Å². The largest absolute Gasteiger partial charge is 0.481 e. The van der Waals surface area contributed by atoms with Crippen LogP contribution < -0.4 is 5.32 Å². The quantitative estimate of drug-likeness (QED) is 0.891. The Bertz CT molecular complexity index is 567. The first kappa shape index (κ1) is 15.0. The Morgan fingerprint density at radius 1 is 1.45 bits per heavy atom. The third kappa shape index (κ3) is 2.71. The summed E-state index contributed by atoms with van der Waals surface area (Å²) in [5.41, 5.74) is -0.877. The molecule has 8 heteroatoms. The lowest BCUT2D eigenvalue weighted by atomic mass is 9.85. The topological polar surface area (TPSA) is 92.2 Å². The zero-order valence-electron chi connectivity index (χ0n) is 10.7. The first-order chi connectivity index (χ1) is 9.34. The Morgan fingerprint density at radius 3 is 2.80 bits per heavy atom. The molecule has 2 atom stereocenters. The number of carbonyl (C=O) groups is 2. The maximum absolute atomic E-state index is 12.2. The van der Waals surface area contributed by atoms with E-state index in [9.17, 15) is 14.7 Å². The average molecular weight is 318 g/mol. The van der Waals surface area contributed by atoms with Crippen LogP contribution in [-0.4, -0.2) is 33.2 Å². The molecule has 1 amide bonds. The van der Waals surface area contributed by atoms with E-state index < -0.39 is 23.3 Å². The van der Waals surface area contributed by atoms with Crippen molar-refractivity contribution < 1.29 is 14.7 Å². The van der Waals surface area contributed by atoms with Gasteiger partial charge in [-0.2, -0.15) is 0 Å². The number of carbonyl (C=O) groups excluding carboxylic acids is 1. The summed E-state index contributed by atoms with van der Waals surface area (Å²) >= 11 is 11.5. The number of carboxylic acids is 1. The normalized spacial score (nSPS) is 25.4. The van der Waals surface area contributed by atoms with E-state index in [2.05, 4.69) is 15.5 Å². The molecule has 1 heterocycles. The van der Waals surface area contributed by atoms with Crippen molar-refractivity contribution in [3.8, 4) is 0 Å². The average Bonchev–Trinajstić information content (AvgIpc) is 2.75. The molecule has 1 aliphatic carbocycles. The molecule has 20 heavy (non-hydrogen) atoms. The van der Waals surface area contributed by atoms with Gasteiger partial charge >= 0.3 is 5.97 Å². The van der Waals surface area contributed by atoms with Crippen LogP contribution >= 0.6 is 23.2 Å². The number of hydrogen-bond acceptors (Lipinski definition) is 4. The minimum atomic E-state index is -0.966. The Labute approximate surface area is 125 Å². The monoisotopic (exact) mass is 317 g/mol. The van der Waals surface area contributed by atoms with Gasteiger partial charge in [0.1, 0.15) is 0 Å². The van der Waals surface area contributed by atoms with Crippen LogP contribution in [0.1, 0.15) is 36.5 Å². The summed E-state index contributed by atoms with van der Waals surface area (Å²) in [5, 5.41) is 19.1. The molecular weight excluding hydrogens is 305 g/mol. The van der Waals surface area contributed by atoms with Gasteiger partial charge in [-0.15, -0.1) is 10.2 Å². The predicted molar refractivity (Wildman–Crippen MR) is 72.9 cm³/mol. The maximum Gasteiger partial charge on any atom is 0.311 e. The van der Waals surface area contributed by atoms with Crippen LogP contribution in [-0.2, 0) is 4.79 Å². The molecule has 0 aromatic carbocycles. The van der Waals surface area contributed by atoms with Crippen molar-refractivity contribution in [3.05, 3.63) is 21.9 Å². The number of amides is 1. The van der Waals surface area contributed by atoms with Gasteiger partial charge in [0.05, 0.1) is 11.0 Å². The van der Waals surface area contributed by atoms with Gasteiger partial charge in [0.15, 0.2) is 10.3 Å². The summed E-state index contributed by atoms with van der Waals surface area (Å²) in [7, 11) is 0. The number of halogens is 2. The molecule has 2 unspecified atom stereocenters. The van der Waals surface area contributed by atoms with Crippen molar-refractivity contribution >= 4 is 35.1 Å². The number of nitrogens with zero attached hydrogens (tertiary/aromatic N) is 2. The molecule has 1 aliphatic rings. The van der Waals surface area contributed by atoms with Gasteiger partial charge < -0.3 is 10.4 Å². The summed E-state index contributed by atoms with van der Waals surface area (Å²) < 4.78 is 0. The number of rotatable bonds is 3. The smallest absolute Gasteiger partial charge is 0.311 e. The van der Waals surface area contributed by atoms with Crippen molar-refractivity contribution in [2.75, 3.05) is 0 Å².